The van der Waals surface area contributed by atoms with Gasteiger partial charge in [-0.25, -0.2) is 17.6 Å². The molecule has 0 radical (unpaired) electrons. The molecule has 6 nitrogen and oxygen atoms in total. The highest BCUT2D eigenvalue weighted by atomic mass is 19.4. The number of alkyl halides is 6. The molecular weight excluding hydrogens is 658 g/mol. The lowest BCUT2D eigenvalue weighted by atomic mass is 9.96. The summed E-state index contributed by atoms with van der Waals surface area (Å²) in [5, 5.41) is 58.2. The van der Waals surface area contributed by atoms with Crippen LogP contribution in [-0.2, 0) is 12.4 Å². The van der Waals surface area contributed by atoms with Crippen molar-refractivity contribution in [3.63, 3.8) is 0 Å². The van der Waals surface area contributed by atoms with Crippen LogP contribution in [0.3, 0.4) is 0 Å². The predicted molar refractivity (Wildman–Crippen MR) is 141 cm³/mol. The van der Waals surface area contributed by atoms with E-state index in [1.54, 1.807) is 0 Å². The lowest BCUT2D eigenvalue weighted by Gasteiger charge is -2.09. The Bertz CT molecular complexity index is 2180. The molecule has 1 fully saturated rings. The van der Waals surface area contributed by atoms with E-state index < -0.39 is 114 Å². The minimum Gasteiger partial charge on any atom is -0.203 e. The third kappa shape index (κ3) is 5.56. The Morgan fingerprint density at radius 2 is 0.833 bits per heavy atom. The second kappa shape index (κ2) is 12.1. The Morgan fingerprint density at radius 1 is 0.479 bits per heavy atom. The summed E-state index contributed by atoms with van der Waals surface area (Å²) in [4.78, 5) is 0. The maximum Gasteiger partial charge on any atom is 0.416 e. The van der Waals surface area contributed by atoms with Crippen molar-refractivity contribution in [1.82, 2.24) is 0 Å². The van der Waals surface area contributed by atoms with Crippen molar-refractivity contribution in [2.24, 2.45) is 0 Å². The van der Waals surface area contributed by atoms with Gasteiger partial charge < -0.3 is 0 Å². The quantitative estimate of drug-likeness (QED) is 0.157. The van der Waals surface area contributed by atoms with Crippen molar-refractivity contribution in [3.8, 4) is 36.4 Å². The van der Waals surface area contributed by atoms with E-state index in [2.05, 4.69) is 0 Å². The first-order valence-corrected chi connectivity index (χ1v) is 12.5. The lowest BCUT2D eigenvalue weighted by Crippen LogP contribution is -2.06. The number of allylic oxidation sites excluding steroid dienone is 6. The van der Waals surface area contributed by atoms with E-state index in [0.29, 0.717) is 36.4 Å². The summed E-state index contributed by atoms with van der Waals surface area (Å²) in [6.45, 7) is 0. The summed E-state index contributed by atoms with van der Waals surface area (Å²) in [5.41, 5.74) is -14.1. The Morgan fingerprint density at radius 3 is 1.12 bits per heavy atom. The molecule has 3 aromatic carbocycles. The third-order valence-electron chi connectivity index (χ3n) is 6.87. The van der Waals surface area contributed by atoms with E-state index in [1.807, 2.05) is 0 Å². The Kier molecular flexibility index (Phi) is 8.60. The van der Waals surface area contributed by atoms with Crippen LogP contribution < -0.4 is 0 Å². The number of rotatable bonds is 3. The van der Waals surface area contributed by atoms with Gasteiger partial charge in [0.05, 0.1) is 56.7 Å². The fourth-order valence-corrected chi connectivity index (χ4v) is 4.69. The molecule has 0 aromatic heterocycles. The summed E-state index contributed by atoms with van der Waals surface area (Å²) < 4.78 is 140. The monoisotopic (exact) mass is 664 g/mol. The Balaban J connectivity index is 2.25. The molecule has 0 N–H and O–H groups in total. The van der Waals surface area contributed by atoms with Crippen molar-refractivity contribution in [2.75, 3.05) is 0 Å². The van der Waals surface area contributed by atoms with Crippen molar-refractivity contribution in [1.29, 1.82) is 31.6 Å². The minimum absolute atomic E-state index is 0.327. The molecular formula is C32H6F10N6. The fraction of sp³-hybridized carbons (Fsp3) is 0.0625. The zero-order valence-corrected chi connectivity index (χ0v) is 22.9. The summed E-state index contributed by atoms with van der Waals surface area (Å²) in [7, 11) is 0. The fourth-order valence-electron chi connectivity index (χ4n) is 4.69. The standard InChI is InChI=1S/C32H6F10N6/c33-27-22(12-48)28(34)30(36)26(29(27)35)21(11-47)25-23(19(9-45)17-3-1-15(31(37,38)39)5-13(17)7-43)24(25)20(10-46)18-4-2-16(32(40,41)42)6-14(18)8-44/h1-6H/b23-19+,24-20?,25-21+. The molecule has 0 heterocycles. The number of hydrogen-bond acceptors (Lipinski definition) is 6. The SMILES string of the molecule is N#CC(=C1C(=C(/C#N)c2ccc(C(F)(F)F)cc2C#N)/C1=C(/C#N)c1c(F)c(F)c(C#N)c(F)c1F)c1ccc(C(F)(F)F)cc1C#N. The molecule has 0 aliphatic heterocycles. The van der Waals surface area contributed by atoms with Crippen LogP contribution in [0.5, 0.6) is 0 Å². The number of nitrogens with zero attached hydrogens (tertiary/aromatic N) is 6. The summed E-state index contributed by atoms with van der Waals surface area (Å²) >= 11 is 0. The van der Waals surface area contributed by atoms with Gasteiger partial charge in [-0.05, 0) is 24.3 Å². The molecule has 1 aliphatic carbocycles. The van der Waals surface area contributed by atoms with Gasteiger partial charge in [0, 0.05) is 27.8 Å². The molecule has 48 heavy (non-hydrogen) atoms. The van der Waals surface area contributed by atoms with Crippen LogP contribution in [0, 0.1) is 91.3 Å². The average molecular weight is 664 g/mol. The maximum absolute atomic E-state index is 15.2. The summed E-state index contributed by atoms with van der Waals surface area (Å²) in [6, 6.07) is 10.9. The normalized spacial score (nSPS) is 15.5. The van der Waals surface area contributed by atoms with Gasteiger partial charge in [-0.2, -0.15) is 57.9 Å². The van der Waals surface area contributed by atoms with Gasteiger partial charge in [-0.15, -0.1) is 0 Å². The van der Waals surface area contributed by atoms with Gasteiger partial charge >= 0.3 is 12.4 Å². The highest BCUT2D eigenvalue weighted by molar-refractivity contribution is 6.12. The Labute approximate surface area is 262 Å². The summed E-state index contributed by atoms with van der Waals surface area (Å²) in [6.07, 6.45) is -9.95. The molecule has 0 saturated heterocycles. The second-order valence-corrected chi connectivity index (χ2v) is 9.44. The Hall–Kier alpha value is -6.88. The molecule has 0 amide bonds. The molecule has 1 aliphatic rings. The molecule has 3 aromatic rings. The zero-order valence-electron chi connectivity index (χ0n) is 22.9. The second-order valence-electron chi connectivity index (χ2n) is 9.44. The van der Waals surface area contributed by atoms with Gasteiger partial charge in [0.1, 0.15) is 29.8 Å². The first-order valence-electron chi connectivity index (χ1n) is 12.5. The first-order chi connectivity index (χ1) is 22.5. The molecule has 1 saturated carbocycles. The maximum atomic E-state index is 15.2. The van der Waals surface area contributed by atoms with E-state index >= 15 is 8.78 Å². The van der Waals surface area contributed by atoms with Crippen LogP contribution in [0.4, 0.5) is 43.9 Å². The van der Waals surface area contributed by atoms with Crippen molar-refractivity contribution in [2.45, 2.75) is 12.4 Å². The van der Waals surface area contributed by atoms with Crippen LogP contribution in [0.2, 0.25) is 0 Å². The van der Waals surface area contributed by atoms with Crippen LogP contribution >= 0.6 is 0 Å². The van der Waals surface area contributed by atoms with Gasteiger partial charge in [-0.1, -0.05) is 12.1 Å². The smallest absolute Gasteiger partial charge is 0.203 e. The van der Waals surface area contributed by atoms with Crippen LogP contribution in [0.25, 0.3) is 16.7 Å². The van der Waals surface area contributed by atoms with Crippen LogP contribution in [0.1, 0.15) is 44.5 Å². The molecule has 0 atom stereocenters. The topological polar surface area (TPSA) is 143 Å². The molecule has 0 spiro atoms. The van der Waals surface area contributed by atoms with E-state index in [0.717, 1.165) is 6.07 Å². The molecule has 0 bridgehead atoms. The van der Waals surface area contributed by atoms with Gasteiger partial charge in [0.15, 0.2) is 23.3 Å². The highest BCUT2D eigenvalue weighted by Gasteiger charge is 2.44. The lowest BCUT2D eigenvalue weighted by molar-refractivity contribution is -0.138. The third-order valence-corrected chi connectivity index (χ3v) is 6.87. The van der Waals surface area contributed by atoms with Gasteiger partial charge in [0.25, 0.3) is 0 Å². The molecule has 0 unspecified atom stereocenters. The van der Waals surface area contributed by atoms with E-state index in [9.17, 15) is 61.4 Å². The van der Waals surface area contributed by atoms with E-state index in [1.165, 1.54) is 30.3 Å². The molecule has 4 rings (SSSR count). The number of hydrogen-bond donors (Lipinski definition) is 0. The predicted octanol–water partition coefficient (Wildman–Crippen LogP) is 8.14. The number of nitriles is 6. The molecule has 16 heteroatoms. The average Bonchev–Trinajstić information content (AvgIpc) is 3.75. The van der Waals surface area contributed by atoms with Gasteiger partial charge in [0.2, 0.25) is 0 Å². The minimum atomic E-state index is -4.98. The first kappa shape index (κ1) is 34.0. The van der Waals surface area contributed by atoms with Gasteiger partial charge in [-0.3, -0.25) is 0 Å². The van der Waals surface area contributed by atoms with E-state index in [-0.39, 0.29) is 0 Å². The van der Waals surface area contributed by atoms with Crippen molar-refractivity contribution >= 4 is 16.7 Å². The number of benzene rings is 3. The largest absolute Gasteiger partial charge is 0.416 e. The van der Waals surface area contributed by atoms with E-state index in [4.69, 9.17) is 5.26 Å². The van der Waals surface area contributed by atoms with Crippen molar-refractivity contribution < 1.29 is 43.9 Å². The highest BCUT2D eigenvalue weighted by Crippen LogP contribution is 2.57. The van der Waals surface area contributed by atoms with Crippen LogP contribution in [-0.4, -0.2) is 0 Å². The summed E-state index contributed by atoms with van der Waals surface area (Å²) in [5.74, 6) is -9.06. The van der Waals surface area contributed by atoms with Crippen LogP contribution in [0.15, 0.2) is 53.1 Å². The van der Waals surface area contributed by atoms with Crippen molar-refractivity contribution in [3.05, 3.63) is 121 Å². The number of halogens is 10. The molecule has 234 valence electrons. The zero-order chi connectivity index (χ0) is 35.9.